The summed E-state index contributed by atoms with van der Waals surface area (Å²) in [6.45, 7) is 1.90. The number of carbonyl (C=O) groups is 2. The molecule has 0 bridgehead atoms. The molecule has 7 nitrogen and oxygen atoms in total. The van der Waals surface area contributed by atoms with Gasteiger partial charge < -0.3 is 25.8 Å². The molecule has 0 aliphatic carbocycles. The number of hydrogen-bond donors (Lipinski definition) is 3. The lowest BCUT2D eigenvalue weighted by atomic mass is 10.1. The highest BCUT2D eigenvalue weighted by molar-refractivity contribution is 6.01. The van der Waals surface area contributed by atoms with Crippen LogP contribution in [-0.2, 0) is 14.3 Å². The number of benzene rings is 1. The van der Waals surface area contributed by atoms with Gasteiger partial charge in [-0.1, -0.05) is 0 Å². The molecule has 0 radical (unpaired) electrons. The zero-order valence-corrected chi connectivity index (χ0v) is 11.6. The Balaban J connectivity index is 1.77. The van der Waals surface area contributed by atoms with Crippen LogP contribution in [0.25, 0.3) is 0 Å². The second-order valence-corrected chi connectivity index (χ2v) is 5.27. The summed E-state index contributed by atoms with van der Waals surface area (Å²) in [7, 11) is 0. The zero-order valence-electron chi connectivity index (χ0n) is 11.6. The number of anilines is 3. The molecule has 2 heterocycles. The maximum absolute atomic E-state index is 12.1. The van der Waals surface area contributed by atoms with Gasteiger partial charge in [-0.05, 0) is 25.8 Å². The van der Waals surface area contributed by atoms with Crippen LogP contribution < -0.4 is 21.1 Å². The molecule has 2 unspecified atom stereocenters. The Hall–Kier alpha value is -2.28. The third-order valence-corrected chi connectivity index (χ3v) is 3.57. The average molecular weight is 291 g/mol. The van der Waals surface area contributed by atoms with Crippen molar-refractivity contribution < 1.29 is 19.1 Å². The summed E-state index contributed by atoms with van der Waals surface area (Å²) in [5.74, 6) is 0.0300. The summed E-state index contributed by atoms with van der Waals surface area (Å²) in [4.78, 5) is 23.4. The minimum atomic E-state index is -0.457. The fourth-order valence-electron chi connectivity index (χ4n) is 2.46. The molecular formula is C14H17N3O4. The second kappa shape index (κ2) is 5.25. The Morgan fingerprint density at radius 2 is 2.24 bits per heavy atom. The molecule has 1 fully saturated rings. The topological polar surface area (TPSA) is 103 Å². The first kappa shape index (κ1) is 13.7. The summed E-state index contributed by atoms with van der Waals surface area (Å²) in [6, 6.07) is 3.18. The van der Waals surface area contributed by atoms with Gasteiger partial charge in [0.2, 0.25) is 0 Å². The van der Waals surface area contributed by atoms with Gasteiger partial charge in [0, 0.05) is 6.07 Å². The predicted molar refractivity (Wildman–Crippen MR) is 77.2 cm³/mol. The third kappa shape index (κ3) is 2.78. The van der Waals surface area contributed by atoms with Crippen LogP contribution in [0.1, 0.15) is 19.8 Å². The number of rotatable bonds is 2. The van der Waals surface area contributed by atoms with Crippen LogP contribution >= 0.6 is 0 Å². The summed E-state index contributed by atoms with van der Waals surface area (Å²) >= 11 is 0. The molecule has 1 saturated heterocycles. The van der Waals surface area contributed by atoms with E-state index in [2.05, 4.69) is 10.6 Å². The largest absolute Gasteiger partial charge is 0.482 e. The van der Waals surface area contributed by atoms with E-state index < -0.39 is 6.10 Å². The fraction of sp³-hybridized carbons (Fsp3) is 0.429. The number of amides is 2. The zero-order chi connectivity index (χ0) is 15.0. The van der Waals surface area contributed by atoms with Gasteiger partial charge in [-0.3, -0.25) is 9.59 Å². The van der Waals surface area contributed by atoms with Gasteiger partial charge in [0.05, 0.1) is 23.2 Å². The number of carbonyl (C=O) groups excluding carboxylic acids is 2. The van der Waals surface area contributed by atoms with E-state index >= 15 is 0 Å². The minimum absolute atomic E-state index is 0.0358. The van der Waals surface area contributed by atoms with E-state index in [-0.39, 0.29) is 24.5 Å². The monoisotopic (exact) mass is 291 g/mol. The summed E-state index contributed by atoms with van der Waals surface area (Å²) < 4.78 is 10.8. The van der Waals surface area contributed by atoms with Crippen LogP contribution in [0.3, 0.4) is 0 Å². The van der Waals surface area contributed by atoms with Crippen LogP contribution in [0.2, 0.25) is 0 Å². The first-order valence-electron chi connectivity index (χ1n) is 6.85. The quantitative estimate of drug-likeness (QED) is 0.708. The van der Waals surface area contributed by atoms with Crippen LogP contribution in [-0.4, -0.2) is 30.6 Å². The third-order valence-electron chi connectivity index (χ3n) is 3.57. The second-order valence-electron chi connectivity index (χ2n) is 5.27. The number of nitrogens with one attached hydrogen (secondary N) is 2. The SMILES string of the molecule is CC1CCC(C(=O)Nc2cc3c(cc2N)OCC(=O)N3)O1. The molecular weight excluding hydrogens is 274 g/mol. The van der Waals surface area contributed by atoms with Gasteiger partial charge >= 0.3 is 0 Å². The molecule has 0 saturated carbocycles. The smallest absolute Gasteiger partial charge is 0.262 e. The van der Waals surface area contributed by atoms with Crippen molar-refractivity contribution in [2.45, 2.75) is 32.0 Å². The Bertz CT molecular complexity index is 602. The van der Waals surface area contributed by atoms with E-state index in [9.17, 15) is 9.59 Å². The van der Waals surface area contributed by atoms with Gasteiger partial charge in [-0.2, -0.15) is 0 Å². The fourth-order valence-corrected chi connectivity index (χ4v) is 2.46. The summed E-state index contributed by atoms with van der Waals surface area (Å²) in [6.07, 6.45) is 1.19. The molecule has 2 aliphatic rings. The molecule has 4 N–H and O–H groups in total. The van der Waals surface area contributed by atoms with Gasteiger partial charge in [-0.15, -0.1) is 0 Å². The summed E-state index contributed by atoms with van der Waals surface area (Å²) in [5, 5.41) is 5.42. The summed E-state index contributed by atoms with van der Waals surface area (Å²) in [5.41, 5.74) is 7.22. The Kier molecular flexibility index (Phi) is 3.42. The van der Waals surface area contributed by atoms with Crippen molar-refractivity contribution in [1.29, 1.82) is 0 Å². The molecule has 112 valence electrons. The van der Waals surface area contributed by atoms with Gasteiger partial charge in [0.1, 0.15) is 11.9 Å². The number of fused-ring (bicyclic) bond motifs is 1. The van der Waals surface area contributed by atoms with Crippen LogP contribution in [0, 0.1) is 0 Å². The minimum Gasteiger partial charge on any atom is -0.482 e. The van der Waals surface area contributed by atoms with Crippen LogP contribution in [0.4, 0.5) is 17.1 Å². The standard InChI is InChI=1S/C14H17N3O4/c1-7-2-3-11(21-7)14(19)17-9-5-10-12(4-8(9)15)20-6-13(18)16-10/h4-5,7,11H,2-3,6,15H2,1H3,(H,16,18)(H,17,19). The average Bonchev–Trinajstić information content (AvgIpc) is 2.87. The highest BCUT2D eigenvalue weighted by Crippen LogP contribution is 2.35. The lowest BCUT2D eigenvalue weighted by molar-refractivity contribution is -0.126. The van der Waals surface area contributed by atoms with Crippen molar-refractivity contribution in [3.8, 4) is 5.75 Å². The number of ether oxygens (including phenoxy) is 2. The van der Waals surface area contributed by atoms with Gasteiger partial charge in [-0.25, -0.2) is 0 Å². The predicted octanol–water partition coefficient (Wildman–Crippen LogP) is 1.11. The van der Waals surface area contributed by atoms with Gasteiger partial charge in [0.25, 0.3) is 11.8 Å². The van der Waals surface area contributed by atoms with Crippen molar-refractivity contribution in [2.75, 3.05) is 23.0 Å². The van der Waals surface area contributed by atoms with Crippen molar-refractivity contribution >= 4 is 28.9 Å². The van der Waals surface area contributed by atoms with E-state index in [0.29, 0.717) is 29.2 Å². The molecule has 3 rings (SSSR count). The maximum atomic E-state index is 12.1. The first-order chi connectivity index (χ1) is 10.0. The van der Waals surface area contributed by atoms with E-state index in [0.717, 1.165) is 6.42 Å². The molecule has 2 amide bonds. The van der Waals surface area contributed by atoms with Crippen molar-refractivity contribution in [3.63, 3.8) is 0 Å². The van der Waals surface area contributed by atoms with Gasteiger partial charge in [0.15, 0.2) is 6.61 Å². The molecule has 7 heteroatoms. The molecule has 21 heavy (non-hydrogen) atoms. The van der Waals surface area contributed by atoms with E-state index in [1.54, 1.807) is 12.1 Å². The normalized spacial score (nSPS) is 24.0. The van der Waals surface area contributed by atoms with E-state index in [1.165, 1.54) is 0 Å². The molecule has 2 atom stereocenters. The Labute approximate surface area is 121 Å². The van der Waals surface area contributed by atoms with Crippen molar-refractivity contribution in [3.05, 3.63) is 12.1 Å². The molecule has 0 spiro atoms. The van der Waals surface area contributed by atoms with Crippen molar-refractivity contribution in [1.82, 2.24) is 0 Å². The Morgan fingerprint density at radius 1 is 1.43 bits per heavy atom. The van der Waals surface area contributed by atoms with E-state index in [1.807, 2.05) is 6.92 Å². The highest BCUT2D eigenvalue weighted by Gasteiger charge is 2.29. The van der Waals surface area contributed by atoms with Crippen LogP contribution in [0.5, 0.6) is 5.75 Å². The maximum Gasteiger partial charge on any atom is 0.262 e. The lowest BCUT2D eigenvalue weighted by Gasteiger charge is -2.20. The number of hydrogen-bond acceptors (Lipinski definition) is 5. The van der Waals surface area contributed by atoms with Crippen LogP contribution in [0.15, 0.2) is 12.1 Å². The van der Waals surface area contributed by atoms with Crippen molar-refractivity contribution in [2.24, 2.45) is 0 Å². The molecule has 1 aromatic rings. The number of nitrogens with two attached hydrogens (primary N) is 1. The Morgan fingerprint density at radius 3 is 2.95 bits per heavy atom. The number of nitrogen functional groups attached to an aromatic ring is 1. The lowest BCUT2D eigenvalue weighted by Crippen LogP contribution is -2.29. The molecule has 2 aliphatic heterocycles. The first-order valence-corrected chi connectivity index (χ1v) is 6.85. The molecule has 0 aromatic heterocycles. The molecule has 1 aromatic carbocycles. The van der Waals surface area contributed by atoms with E-state index in [4.69, 9.17) is 15.2 Å². The highest BCUT2D eigenvalue weighted by atomic mass is 16.5.